The maximum Gasteiger partial charge on any atom is 1.00 e. The Morgan fingerprint density at radius 1 is 0.929 bits per heavy atom. The Kier molecular flexibility index (Phi) is 17.6. The molecule has 0 heterocycles. The summed E-state index contributed by atoms with van der Waals surface area (Å²) in [5.74, 6) is 0.734. The van der Waals surface area contributed by atoms with Crippen molar-refractivity contribution in [1.82, 2.24) is 0 Å². The second-order valence-electron chi connectivity index (χ2n) is 6.06. The van der Waals surface area contributed by atoms with Crippen LogP contribution in [-0.4, -0.2) is 26.2 Å². The largest absolute Gasteiger partial charge is 1.00 e. The van der Waals surface area contributed by atoms with E-state index in [1.54, 1.807) is 0 Å². The van der Waals surface area contributed by atoms with Crippen molar-refractivity contribution in [2.75, 3.05) is 13.2 Å². The Labute approximate surface area is 211 Å². The van der Waals surface area contributed by atoms with Gasteiger partial charge in [0, 0.05) is 0 Å². The number of benzene rings is 1. The number of rotatable bonds is 16. The van der Waals surface area contributed by atoms with Crippen LogP contribution in [0.5, 0.6) is 5.75 Å². The Balaban J connectivity index is 0.00000729. The molecule has 0 saturated carbocycles. The third kappa shape index (κ3) is 16.8. The van der Waals surface area contributed by atoms with E-state index < -0.39 is 10.4 Å². The molecule has 154 valence electrons. The summed E-state index contributed by atoms with van der Waals surface area (Å²) >= 11 is 0. The van der Waals surface area contributed by atoms with Gasteiger partial charge in [-0.15, -0.1) is 0 Å². The molecule has 0 bridgehead atoms. The maximum atomic E-state index is 10.1. The van der Waals surface area contributed by atoms with Crippen molar-refractivity contribution in [3.05, 3.63) is 42.4 Å². The molecule has 0 saturated heterocycles. The number of hydrogen-bond donors (Lipinski definition) is 0. The van der Waals surface area contributed by atoms with Crippen molar-refractivity contribution in [2.45, 2.75) is 58.3 Å². The van der Waals surface area contributed by atoms with Crippen LogP contribution in [0, 0.1) is 0 Å². The molecular formula is C19H29KO7S. The fourth-order valence-electron chi connectivity index (χ4n) is 2.43. The monoisotopic (exact) mass is 440 g/mol. The number of aryl methyl sites for hydroxylation is 1. The van der Waals surface area contributed by atoms with Gasteiger partial charge in [-0.25, -0.2) is 8.42 Å². The Morgan fingerprint density at radius 3 is 2.21 bits per heavy atom. The van der Waals surface area contributed by atoms with Gasteiger partial charge in [-0.3, -0.25) is 0 Å². The minimum absolute atomic E-state index is 0. The zero-order chi connectivity index (χ0) is 19.8. The summed E-state index contributed by atoms with van der Waals surface area (Å²) in [5.41, 5.74) is 1.30. The molecule has 1 aromatic carbocycles. The summed E-state index contributed by atoms with van der Waals surface area (Å²) in [6, 6.07) is 7.97. The van der Waals surface area contributed by atoms with E-state index in [2.05, 4.69) is 28.1 Å². The molecule has 0 N–H and O–H groups in total. The SMILES string of the molecule is CCCCCCCCCc1ccc(OCCOO/C=C/OS(=O)(=O)[O-])cc1.[K+]. The molecule has 0 fully saturated rings. The van der Waals surface area contributed by atoms with Crippen molar-refractivity contribution in [2.24, 2.45) is 0 Å². The van der Waals surface area contributed by atoms with Crippen molar-refractivity contribution < 1.29 is 83.1 Å². The molecule has 0 amide bonds. The predicted molar refractivity (Wildman–Crippen MR) is 101 cm³/mol. The average molecular weight is 441 g/mol. The van der Waals surface area contributed by atoms with Gasteiger partial charge < -0.3 is 18.4 Å². The normalized spacial score (nSPS) is 11.2. The summed E-state index contributed by atoms with van der Waals surface area (Å²) in [6.45, 7) is 2.61. The van der Waals surface area contributed by atoms with Gasteiger partial charge in [0.15, 0.2) is 6.26 Å². The first-order chi connectivity index (χ1) is 13.0. The quantitative estimate of drug-likeness (QED) is 0.0726. The van der Waals surface area contributed by atoms with Gasteiger partial charge in [0.1, 0.15) is 25.2 Å². The molecular weight excluding hydrogens is 411 g/mol. The molecule has 28 heavy (non-hydrogen) atoms. The van der Waals surface area contributed by atoms with E-state index in [9.17, 15) is 13.0 Å². The van der Waals surface area contributed by atoms with Gasteiger partial charge in [0.2, 0.25) is 0 Å². The minimum atomic E-state index is -4.77. The molecule has 9 heteroatoms. The summed E-state index contributed by atoms with van der Waals surface area (Å²) in [7, 11) is -4.77. The maximum absolute atomic E-state index is 10.1. The van der Waals surface area contributed by atoms with E-state index in [4.69, 9.17) is 9.62 Å². The molecule has 0 atom stereocenters. The number of ether oxygens (including phenoxy) is 1. The molecule has 0 aliphatic rings. The van der Waals surface area contributed by atoms with Crippen molar-refractivity contribution in [3.63, 3.8) is 0 Å². The van der Waals surface area contributed by atoms with E-state index >= 15 is 0 Å². The van der Waals surface area contributed by atoms with E-state index in [1.165, 1.54) is 50.5 Å². The van der Waals surface area contributed by atoms with Gasteiger partial charge >= 0.3 is 51.4 Å². The van der Waals surface area contributed by atoms with Crippen LogP contribution >= 0.6 is 0 Å². The summed E-state index contributed by atoms with van der Waals surface area (Å²) < 4.78 is 39.6. The number of hydrogen-bond acceptors (Lipinski definition) is 7. The molecule has 0 unspecified atom stereocenters. The van der Waals surface area contributed by atoms with Crippen LogP contribution in [0.15, 0.2) is 36.8 Å². The van der Waals surface area contributed by atoms with Crippen molar-refractivity contribution in [3.8, 4) is 5.75 Å². The standard InChI is InChI=1S/C19H30O7S.K/c1-2-3-4-5-6-7-8-9-18-10-12-19(13-11-18)23-14-15-24-25-16-17-26-27(20,21)22;/h10-13,16-17H,2-9,14-15H2,1H3,(H,20,21,22);/q;+1/p-1/b17-16+;. The molecule has 1 rings (SSSR count). The summed E-state index contributed by atoms with van der Waals surface area (Å²) in [5, 5.41) is 0. The van der Waals surface area contributed by atoms with Crippen LogP contribution < -0.4 is 56.1 Å². The van der Waals surface area contributed by atoms with E-state index in [0.29, 0.717) is 6.26 Å². The first-order valence-corrected chi connectivity index (χ1v) is 10.6. The van der Waals surface area contributed by atoms with Gasteiger partial charge in [0.25, 0.3) is 10.4 Å². The van der Waals surface area contributed by atoms with Crippen molar-refractivity contribution >= 4 is 10.4 Å². The first-order valence-electron chi connectivity index (χ1n) is 9.30. The molecule has 7 nitrogen and oxygen atoms in total. The fraction of sp³-hybridized carbons (Fsp3) is 0.579. The summed E-state index contributed by atoms with van der Waals surface area (Å²) in [6.07, 6.45) is 11.6. The Hall–Kier alpha value is -0.134. The Morgan fingerprint density at radius 2 is 1.57 bits per heavy atom. The Bertz CT molecular complexity index is 618. The van der Waals surface area contributed by atoms with Crippen LogP contribution in [0.1, 0.15) is 57.4 Å². The topological polar surface area (TPSA) is 94.1 Å². The molecule has 0 spiro atoms. The van der Waals surface area contributed by atoms with Crippen LogP contribution in [0.4, 0.5) is 0 Å². The molecule has 0 aliphatic carbocycles. The summed E-state index contributed by atoms with van der Waals surface area (Å²) in [4.78, 5) is 9.19. The van der Waals surface area contributed by atoms with Crippen molar-refractivity contribution in [1.29, 1.82) is 0 Å². The van der Waals surface area contributed by atoms with Crippen LogP contribution in [0.2, 0.25) is 0 Å². The van der Waals surface area contributed by atoms with Gasteiger partial charge in [-0.05, 0) is 30.5 Å². The zero-order valence-corrected chi connectivity index (χ0v) is 20.7. The molecule has 0 aliphatic heterocycles. The van der Waals surface area contributed by atoms with Gasteiger partial charge in [0.05, 0.1) is 0 Å². The van der Waals surface area contributed by atoms with E-state index in [1.807, 2.05) is 12.1 Å². The number of unbranched alkanes of at least 4 members (excludes halogenated alkanes) is 6. The van der Waals surface area contributed by atoms with E-state index in [-0.39, 0.29) is 64.6 Å². The van der Waals surface area contributed by atoms with Gasteiger partial charge in [-0.2, -0.15) is 4.89 Å². The second-order valence-corrected chi connectivity index (χ2v) is 7.07. The van der Waals surface area contributed by atoms with Gasteiger partial charge in [-0.1, -0.05) is 57.6 Å². The van der Waals surface area contributed by atoms with Crippen LogP contribution in [0.25, 0.3) is 0 Å². The van der Waals surface area contributed by atoms with Crippen LogP contribution in [0.3, 0.4) is 0 Å². The third-order valence-electron chi connectivity index (χ3n) is 3.78. The molecule has 0 aromatic heterocycles. The smallest absolute Gasteiger partial charge is 0.716 e. The fourth-order valence-corrected chi connectivity index (χ4v) is 2.61. The molecule has 0 radical (unpaired) electrons. The van der Waals surface area contributed by atoms with Crippen LogP contribution in [-0.2, 0) is 30.8 Å². The first kappa shape index (κ1) is 27.9. The average Bonchev–Trinajstić information content (AvgIpc) is 2.63. The predicted octanol–water partition coefficient (Wildman–Crippen LogP) is 1.26. The van der Waals surface area contributed by atoms with E-state index in [0.717, 1.165) is 18.4 Å². The zero-order valence-electron chi connectivity index (χ0n) is 16.8. The third-order valence-corrected chi connectivity index (χ3v) is 4.13. The second kappa shape index (κ2) is 17.7. The molecule has 1 aromatic rings. The minimum Gasteiger partial charge on any atom is -0.716 e.